The summed E-state index contributed by atoms with van der Waals surface area (Å²) in [7, 11) is 0. The number of nitrogens with one attached hydrogen (secondary N) is 1. The molecule has 0 amide bonds. The predicted octanol–water partition coefficient (Wildman–Crippen LogP) is -1.21. The summed E-state index contributed by atoms with van der Waals surface area (Å²) in [6, 6.07) is 0. The van der Waals surface area contributed by atoms with E-state index in [-0.39, 0.29) is 0 Å². The van der Waals surface area contributed by atoms with Crippen molar-refractivity contribution in [2.75, 3.05) is 0 Å². The largest absolute Gasteiger partial charge is 0.767 e. The maximum atomic E-state index is 9.80. The SMILES string of the molecule is N=C/C(=N\N)S(=O)[O-]. The van der Waals surface area contributed by atoms with Crippen LogP contribution in [0.1, 0.15) is 0 Å². The van der Waals surface area contributed by atoms with Gasteiger partial charge in [-0.25, -0.2) is 0 Å². The molecule has 0 rings (SSSR count). The third-order valence-electron chi connectivity index (χ3n) is 0.421. The van der Waals surface area contributed by atoms with Gasteiger partial charge in [0.25, 0.3) is 0 Å². The minimum absolute atomic E-state index is 0.454. The highest BCUT2D eigenvalue weighted by Crippen LogP contribution is 1.73. The molecule has 6 heteroatoms. The summed E-state index contributed by atoms with van der Waals surface area (Å²) in [5, 5.41) is 8.67. The lowest BCUT2D eigenvalue weighted by atomic mass is 10.8. The van der Waals surface area contributed by atoms with Crippen molar-refractivity contribution in [3.8, 4) is 0 Å². The van der Waals surface area contributed by atoms with E-state index in [0.717, 1.165) is 0 Å². The second kappa shape index (κ2) is 3.28. The highest BCUT2D eigenvalue weighted by molar-refractivity contribution is 7.97. The molecule has 0 aliphatic rings. The van der Waals surface area contributed by atoms with Crippen LogP contribution in [-0.4, -0.2) is 20.0 Å². The average molecular weight is 134 g/mol. The number of hydrazone groups is 1. The standard InChI is InChI=1S/C2H5N3O2S/c3-1-2(5-4)8(6)7/h1,3H,4H2,(H,6,7)/p-1/b3-1?,5-2+. The summed E-state index contributed by atoms with van der Waals surface area (Å²) >= 11 is -2.47. The topological polar surface area (TPSA) is 102 Å². The number of rotatable bonds is 1. The van der Waals surface area contributed by atoms with Crippen LogP contribution in [0.25, 0.3) is 0 Å². The summed E-state index contributed by atoms with van der Waals surface area (Å²) < 4.78 is 19.6. The zero-order valence-corrected chi connectivity index (χ0v) is 4.64. The fraction of sp³-hybridized carbons (Fsp3) is 0. The molecule has 0 saturated heterocycles. The molecule has 0 aromatic heterocycles. The Balaban J connectivity index is 4.13. The zero-order valence-electron chi connectivity index (χ0n) is 3.83. The molecule has 0 radical (unpaired) electrons. The van der Waals surface area contributed by atoms with Crippen molar-refractivity contribution in [3.63, 3.8) is 0 Å². The summed E-state index contributed by atoms with van der Waals surface area (Å²) in [6.45, 7) is 0. The summed E-state index contributed by atoms with van der Waals surface area (Å²) in [6.07, 6.45) is 0.559. The van der Waals surface area contributed by atoms with Crippen molar-refractivity contribution in [3.05, 3.63) is 0 Å². The van der Waals surface area contributed by atoms with Gasteiger partial charge in [0, 0.05) is 11.1 Å². The van der Waals surface area contributed by atoms with Crippen LogP contribution in [0, 0.1) is 5.41 Å². The van der Waals surface area contributed by atoms with Gasteiger partial charge in [-0.3, -0.25) is 4.21 Å². The van der Waals surface area contributed by atoms with E-state index in [1.165, 1.54) is 0 Å². The van der Waals surface area contributed by atoms with E-state index in [2.05, 4.69) is 10.9 Å². The molecule has 0 fully saturated rings. The van der Waals surface area contributed by atoms with Crippen molar-refractivity contribution in [2.45, 2.75) is 0 Å². The number of nitrogens with two attached hydrogens (primary N) is 1. The lowest BCUT2D eigenvalue weighted by molar-refractivity contribution is 0.550. The molecule has 0 aromatic carbocycles. The first-order valence-electron chi connectivity index (χ1n) is 1.60. The molecule has 0 aliphatic heterocycles. The minimum Gasteiger partial charge on any atom is -0.767 e. The van der Waals surface area contributed by atoms with E-state index in [1.54, 1.807) is 0 Å². The Kier molecular flexibility index (Phi) is 2.97. The van der Waals surface area contributed by atoms with Gasteiger partial charge in [0.15, 0.2) is 5.04 Å². The first kappa shape index (κ1) is 7.25. The molecule has 46 valence electrons. The van der Waals surface area contributed by atoms with Crippen LogP contribution in [0.5, 0.6) is 0 Å². The van der Waals surface area contributed by atoms with Crippen LogP contribution in [0.15, 0.2) is 5.10 Å². The van der Waals surface area contributed by atoms with Gasteiger partial charge in [0.05, 0.1) is 6.21 Å². The van der Waals surface area contributed by atoms with Crippen molar-refractivity contribution >= 4 is 22.3 Å². The van der Waals surface area contributed by atoms with Crippen LogP contribution in [0.4, 0.5) is 0 Å². The Bertz CT molecular complexity index is 142. The Morgan fingerprint density at radius 3 is 2.50 bits per heavy atom. The molecular formula is C2H4N3O2S-. The van der Waals surface area contributed by atoms with Gasteiger partial charge in [-0.15, -0.1) is 0 Å². The monoisotopic (exact) mass is 134 g/mol. The highest BCUT2D eigenvalue weighted by Gasteiger charge is 1.88. The quantitative estimate of drug-likeness (QED) is 0.154. The van der Waals surface area contributed by atoms with E-state index >= 15 is 0 Å². The highest BCUT2D eigenvalue weighted by atomic mass is 32.2. The summed E-state index contributed by atoms with van der Waals surface area (Å²) in [5.41, 5.74) is 0. The maximum Gasteiger partial charge on any atom is 0.150 e. The first-order chi connectivity index (χ1) is 3.72. The van der Waals surface area contributed by atoms with Gasteiger partial charge in [-0.1, -0.05) is 0 Å². The molecule has 0 bridgehead atoms. The van der Waals surface area contributed by atoms with Gasteiger partial charge < -0.3 is 15.8 Å². The number of hydrogen-bond donors (Lipinski definition) is 2. The Morgan fingerprint density at radius 2 is 2.50 bits per heavy atom. The fourth-order valence-corrected chi connectivity index (χ4v) is 0.311. The lowest BCUT2D eigenvalue weighted by Crippen LogP contribution is -2.09. The molecule has 0 aromatic rings. The molecule has 1 unspecified atom stereocenters. The van der Waals surface area contributed by atoms with E-state index in [1.807, 2.05) is 0 Å². The Morgan fingerprint density at radius 1 is 2.00 bits per heavy atom. The average Bonchev–Trinajstić information content (AvgIpc) is 1.69. The van der Waals surface area contributed by atoms with Crippen molar-refractivity contribution in [1.82, 2.24) is 0 Å². The number of hydrogen-bond acceptors (Lipinski definition) is 5. The smallest absolute Gasteiger partial charge is 0.150 e. The normalized spacial score (nSPS) is 15.4. The molecule has 0 saturated carbocycles. The molecule has 3 N–H and O–H groups in total. The van der Waals surface area contributed by atoms with Crippen molar-refractivity contribution in [2.24, 2.45) is 10.9 Å². The van der Waals surface area contributed by atoms with E-state index < -0.39 is 16.1 Å². The summed E-state index contributed by atoms with van der Waals surface area (Å²) in [4.78, 5) is 0. The van der Waals surface area contributed by atoms with Crippen LogP contribution in [0.3, 0.4) is 0 Å². The van der Waals surface area contributed by atoms with Crippen LogP contribution < -0.4 is 5.84 Å². The number of nitrogens with zero attached hydrogens (tertiary/aromatic N) is 1. The second-order valence-corrected chi connectivity index (χ2v) is 1.73. The van der Waals surface area contributed by atoms with E-state index in [4.69, 9.17) is 5.41 Å². The van der Waals surface area contributed by atoms with Crippen molar-refractivity contribution in [1.29, 1.82) is 5.41 Å². The molecule has 0 heterocycles. The Hall–Kier alpha value is -0.750. The van der Waals surface area contributed by atoms with E-state index in [9.17, 15) is 8.76 Å². The summed E-state index contributed by atoms with van der Waals surface area (Å²) in [5.74, 6) is 4.53. The Labute approximate surface area is 48.4 Å². The third kappa shape index (κ3) is 1.80. The predicted molar refractivity (Wildman–Crippen MR) is 29.3 cm³/mol. The lowest BCUT2D eigenvalue weighted by Gasteiger charge is -1.98. The zero-order chi connectivity index (χ0) is 6.57. The first-order valence-corrected chi connectivity index (χ1v) is 2.67. The molecule has 8 heavy (non-hydrogen) atoms. The third-order valence-corrected chi connectivity index (χ3v) is 0.986. The molecule has 5 nitrogen and oxygen atoms in total. The van der Waals surface area contributed by atoms with Crippen molar-refractivity contribution < 1.29 is 8.76 Å². The van der Waals surface area contributed by atoms with Gasteiger partial charge in [0.1, 0.15) is 0 Å². The van der Waals surface area contributed by atoms with Gasteiger partial charge in [0.2, 0.25) is 0 Å². The minimum atomic E-state index is -2.47. The van der Waals surface area contributed by atoms with Crippen LogP contribution in [-0.2, 0) is 11.1 Å². The van der Waals surface area contributed by atoms with Gasteiger partial charge >= 0.3 is 0 Å². The molecular weight excluding hydrogens is 130 g/mol. The molecule has 0 spiro atoms. The van der Waals surface area contributed by atoms with Gasteiger partial charge in [-0.2, -0.15) is 5.10 Å². The van der Waals surface area contributed by atoms with Crippen LogP contribution >= 0.6 is 0 Å². The van der Waals surface area contributed by atoms with E-state index in [0.29, 0.717) is 6.21 Å². The molecule has 0 aliphatic carbocycles. The second-order valence-electron chi connectivity index (χ2n) is 0.846. The molecule has 1 atom stereocenters. The van der Waals surface area contributed by atoms with Gasteiger partial charge in [-0.05, 0) is 0 Å². The maximum absolute atomic E-state index is 9.80. The fourth-order valence-electron chi connectivity index (χ4n) is 0.128. The van der Waals surface area contributed by atoms with Crippen LogP contribution in [0.2, 0.25) is 0 Å².